The Labute approximate surface area is 158 Å². The molecule has 2 aromatic carbocycles. The van der Waals surface area contributed by atoms with Gasteiger partial charge in [0.2, 0.25) is 0 Å². The summed E-state index contributed by atoms with van der Waals surface area (Å²) in [5, 5.41) is 9.04. The van der Waals surface area contributed by atoms with E-state index in [1.165, 1.54) is 24.3 Å². The molecule has 0 heterocycles. The number of sulfonamides is 1. The summed E-state index contributed by atoms with van der Waals surface area (Å²) in [6.07, 6.45) is 6.38. The molecule has 2 aromatic rings. The topological polar surface area (TPSA) is 83.5 Å². The van der Waals surface area contributed by atoms with Crippen LogP contribution in [0.3, 0.4) is 0 Å². The Morgan fingerprint density at radius 3 is 2.31 bits per heavy atom. The maximum atomic E-state index is 12.3. The molecule has 2 rings (SSSR count). The normalized spacial score (nSPS) is 11.6. The summed E-state index contributed by atoms with van der Waals surface area (Å²) >= 11 is 5.78. The fourth-order valence-corrected chi connectivity index (χ4v) is 3.43. The highest BCUT2D eigenvalue weighted by Gasteiger charge is 2.13. The van der Waals surface area contributed by atoms with E-state index >= 15 is 0 Å². The number of rotatable bonds is 9. The number of halogens is 1. The molecule has 0 saturated heterocycles. The number of carbonyl (C=O) groups is 1. The third kappa shape index (κ3) is 6.54. The monoisotopic (exact) mass is 393 g/mol. The minimum absolute atomic E-state index is 0.146. The van der Waals surface area contributed by atoms with Crippen LogP contribution in [-0.4, -0.2) is 19.5 Å². The van der Waals surface area contributed by atoms with E-state index < -0.39 is 16.0 Å². The van der Waals surface area contributed by atoms with Crippen LogP contribution in [0.1, 0.15) is 31.2 Å². The largest absolute Gasteiger partial charge is 0.481 e. The Kier molecular flexibility index (Phi) is 7.24. The van der Waals surface area contributed by atoms with Crippen molar-refractivity contribution in [2.24, 2.45) is 0 Å². The minimum atomic E-state index is -3.65. The molecule has 0 spiro atoms. The molecule has 0 aromatic heterocycles. The number of hydrogen-bond donors (Lipinski definition) is 2. The summed E-state index contributed by atoms with van der Waals surface area (Å²) in [6.45, 7) is 0. The van der Waals surface area contributed by atoms with Gasteiger partial charge in [0.05, 0.1) is 4.90 Å². The van der Waals surface area contributed by atoms with Crippen LogP contribution in [0.15, 0.2) is 59.5 Å². The van der Waals surface area contributed by atoms with Crippen molar-refractivity contribution in [2.45, 2.75) is 30.6 Å². The average molecular weight is 394 g/mol. The van der Waals surface area contributed by atoms with Gasteiger partial charge in [-0.3, -0.25) is 9.52 Å². The number of unbranched alkanes of at least 4 members (excludes halogenated alkanes) is 2. The van der Waals surface area contributed by atoms with Crippen LogP contribution in [0.25, 0.3) is 6.08 Å². The van der Waals surface area contributed by atoms with Crippen molar-refractivity contribution >= 4 is 39.4 Å². The molecule has 0 unspecified atom stereocenters. The minimum Gasteiger partial charge on any atom is -0.481 e. The van der Waals surface area contributed by atoms with Gasteiger partial charge in [0.1, 0.15) is 0 Å². The second kappa shape index (κ2) is 9.40. The van der Waals surface area contributed by atoms with E-state index in [2.05, 4.69) is 4.72 Å². The first-order valence-corrected chi connectivity index (χ1v) is 10.00. The molecular formula is C19H20ClNO4S. The average Bonchev–Trinajstić information content (AvgIpc) is 2.59. The predicted molar refractivity (Wildman–Crippen MR) is 104 cm³/mol. The van der Waals surface area contributed by atoms with Crippen LogP contribution in [0.2, 0.25) is 5.02 Å². The van der Waals surface area contributed by atoms with Crippen LogP contribution >= 0.6 is 11.6 Å². The highest BCUT2D eigenvalue weighted by molar-refractivity contribution is 7.92. The first-order chi connectivity index (χ1) is 12.4. The molecule has 7 heteroatoms. The number of allylic oxidation sites excluding steroid dienone is 1. The fraction of sp³-hybridized carbons (Fsp3) is 0.211. The van der Waals surface area contributed by atoms with E-state index in [-0.39, 0.29) is 11.3 Å². The number of aliphatic carboxylic acids is 1. The summed E-state index contributed by atoms with van der Waals surface area (Å²) in [6, 6.07) is 13.0. The molecule has 5 nitrogen and oxygen atoms in total. The summed E-state index contributed by atoms with van der Waals surface area (Å²) in [5.41, 5.74) is 1.41. The number of nitrogens with one attached hydrogen (secondary N) is 1. The van der Waals surface area contributed by atoms with Crippen LogP contribution in [-0.2, 0) is 14.8 Å². The maximum Gasteiger partial charge on any atom is 0.303 e. The molecule has 0 aliphatic rings. The Morgan fingerprint density at radius 1 is 1.04 bits per heavy atom. The van der Waals surface area contributed by atoms with Gasteiger partial charge < -0.3 is 5.11 Å². The number of benzene rings is 2. The van der Waals surface area contributed by atoms with E-state index in [9.17, 15) is 13.2 Å². The fourth-order valence-electron chi connectivity index (χ4n) is 2.25. The van der Waals surface area contributed by atoms with E-state index in [1.807, 2.05) is 24.3 Å². The second-order valence-corrected chi connectivity index (χ2v) is 7.84. The number of carboxylic acids is 1. The SMILES string of the molecule is O=C(O)CCCC/C=C/c1ccc(NS(=O)(=O)c2ccc(Cl)cc2)cc1. The van der Waals surface area contributed by atoms with Gasteiger partial charge in [-0.2, -0.15) is 0 Å². The Bertz CT molecular complexity index is 859. The zero-order chi connectivity index (χ0) is 19.0. The quantitative estimate of drug-likeness (QED) is 0.599. The third-order valence-corrected chi connectivity index (χ3v) is 5.26. The van der Waals surface area contributed by atoms with Crippen molar-refractivity contribution in [2.75, 3.05) is 4.72 Å². The highest BCUT2D eigenvalue weighted by Crippen LogP contribution is 2.19. The Balaban J connectivity index is 1.90. The molecule has 0 saturated carbocycles. The number of carboxylic acid groups (broad SMARTS) is 1. The van der Waals surface area contributed by atoms with Crippen molar-refractivity contribution in [3.05, 3.63) is 65.2 Å². The third-order valence-electron chi connectivity index (χ3n) is 3.61. The molecule has 138 valence electrons. The molecule has 0 amide bonds. The lowest BCUT2D eigenvalue weighted by Crippen LogP contribution is -2.12. The van der Waals surface area contributed by atoms with Gasteiger partial charge in [0.15, 0.2) is 0 Å². The molecule has 0 aliphatic heterocycles. The van der Waals surface area contributed by atoms with Crippen molar-refractivity contribution < 1.29 is 18.3 Å². The maximum absolute atomic E-state index is 12.3. The second-order valence-electron chi connectivity index (χ2n) is 5.72. The number of hydrogen-bond acceptors (Lipinski definition) is 3. The molecule has 0 bridgehead atoms. The summed E-state index contributed by atoms with van der Waals surface area (Å²) in [5.74, 6) is -0.773. The zero-order valence-corrected chi connectivity index (χ0v) is 15.6. The van der Waals surface area contributed by atoms with E-state index in [0.29, 0.717) is 17.1 Å². The molecule has 0 atom stereocenters. The molecule has 26 heavy (non-hydrogen) atoms. The molecule has 0 aliphatic carbocycles. The molecule has 2 N–H and O–H groups in total. The first kappa shape index (κ1) is 20.0. The molecule has 0 fully saturated rings. The lowest BCUT2D eigenvalue weighted by atomic mass is 10.1. The lowest BCUT2D eigenvalue weighted by Gasteiger charge is -2.08. The van der Waals surface area contributed by atoms with Gasteiger partial charge in [0, 0.05) is 17.1 Å². The van der Waals surface area contributed by atoms with E-state index in [1.54, 1.807) is 12.1 Å². The van der Waals surface area contributed by atoms with E-state index in [0.717, 1.165) is 18.4 Å². The summed E-state index contributed by atoms with van der Waals surface area (Å²) in [7, 11) is -3.65. The smallest absolute Gasteiger partial charge is 0.303 e. The lowest BCUT2D eigenvalue weighted by molar-refractivity contribution is -0.137. The van der Waals surface area contributed by atoms with Crippen LogP contribution in [0.5, 0.6) is 0 Å². The number of anilines is 1. The summed E-state index contributed by atoms with van der Waals surface area (Å²) < 4.78 is 27.1. The van der Waals surface area contributed by atoms with Crippen LogP contribution < -0.4 is 4.72 Å². The zero-order valence-electron chi connectivity index (χ0n) is 14.1. The van der Waals surface area contributed by atoms with Gasteiger partial charge in [-0.05, 0) is 61.2 Å². The highest BCUT2D eigenvalue weighted by atomic mass is 35.5. The first-order valence-electron chi connectivity index (χ1n) is 8.13. The Morgan fingerprint density at radius 2 is 1.69 bits per heavy atom. The van der Waals surface area contributed by atoms with Gasteiger partial charge in [-0.1, -0.05) is 35.9 Å². The van der Waals surface area contributed by atoms with Gasteiger partial charge >= 0.3 is 5.97 Å². The van der Waals surface area contributed by atoms with Gasteiger partial charge in [-0.25, -0.2) is 8.42 Å². The van der Waals surface area contributed by atoms with Gasteiger partial charge in [0.25, 0.3) is 10.0 Å². The van der Waals surface area contributed by atoms with Crippen LogP contribution in [0.4, 0.5) is 5.69 Å². The summed E-state index contributed by atoms with van der Waals surface area (Å²) in [4.78, 5) is 10.6. The van der Waals surface area contributed by atoms with Crippen molar-refractivity contribution in [3.8, 4) is 0 Å². The predicted octanol–water partition coefficient (Wildman–Crippen LogP) is 4.80. The van der Waals surface area contributed by atoms with Crippen molar-refractivity contribution in [1.82, 2.24) is 0 Å². The van der Waals surface area contributed by atoms with Crippen molar-refractivity contribution in [1.29, 1.82) is 0 Å². The van der Waals surface area contributed by atoms with Crippen LogP contribution in [0, 0.1) is 0 Å². The Hall–Kier alpha value is -2.31. The van der Waals surface area contributed by atoms with E-state index in [4.69, 9.17) is 16.7 Å². The van der Waals surface area contributed by atoms with Crippen molar-refractivity contribution in [3.63, 3.8) is 0 Å². The molecular weight excluding hydrogens is 374 g/mol. The van der Waals surface area contributed by atoms with Gasteiger partial charge in [-0.15, -0.1) is 0 Å². The molecule has 0 radical (unpaired) electrons. The standard InChI is InChI=1S/C19H20ClNO4S/c20-16-9-13-18(14-10-16)26(24,25)21-17-11-7-15(8-12-17)5-3-1-2-4-6-19(22)23/h3,5,7-14,21H,1-2,4,6H2,(H,22,23)/b5-3+.